The molecule has 1 amide bonds. The Morgan fingerprint density at radius 2 is 1.76 bits per heavy atom. The molecule has 0 bridgehead atoms. The number of hydrogen-bond acceptors (Lipinski definition) is 2. The van der Waals surface area contributed by atoms with Gasteiger partial charge in [-0.3, -0.25) is 4.79 Å². The van der Waals surface area contributed by atoms with Gasteiger partial charge in [-0.05, 0) is 24.3 Å². The van der Waals surface area contributed by atoms with E-state index in [4.69, 9.17) is 0 Å². The first-order valence-electron chi connectivity index (χ1n) is 7.34. The normalized spacial score (nSPS) is 11.5. The second kappa shape index (κ2) is 6.84. The van der Waals surface area contributed by atoms with Gasteiger partial charge < -0.3 is 5.32 Å². The maximum atomic E-state index is 12.4. The Morgan fingerprint density at radius 1 is 1.08 bits per heavy atom. The van der Waals surface area contributed by atoms with Crippen LogP contribution in [0.2, 0.25) is 0 Å². The van der Waals surface area contributed by atoms with E-state index in [1.165, 1.54) is 6.07 Å². The summed E-state index contributed by atoms with van der Waals surface area (Å²) in [5.41, 5.74) is 1.98. The van der Waals surface area contributed by atoms with Gasteiger partial charge in [0.05, 0.1) is 16.8 Å². The summed E-state index contributed by atoms with van der Waals surface area (Å²) in [4.78, 5) is 16.8. The zero-order valence-corrected chi connectivity index (χ0v) is 14.4. The monoisotopic (exact) mass is 408 g/mol. The lowest BCUT2D eigenvalue weighted by atomic mass is 10.0. The van der Waals surface area contributed by atoms with Crippen molar-refractivity contribution in [1.82, 2.24) is 10.3 Å². The van der Waals surface area contributed by atoms with Crippen LogP contribution in [0.5, 0.6) is 0 Å². The van der Waals surface area contributed by atoms with Gasteiger partial charge >= 0.3 is 6.18 Å². The van der Waals surface area contributed by atoms with Crippen LogP contribution in [0, 0.1) is 0 Å². The number of pyridine rings is 1. The highest BCUT2D eigenvalue weighted by atomic mass is 79.9. The summed E-state index contributed by atoms with van der Waals surface area (Å²) in [5.74, 6) is -0.783. The lowest BCUT2D eigenvalue weighted by Gasteiger charge is -2.12. The third kappa shape index (κ3) is 4.17. The van der Waals surface area contributed by atoms with Crippen LogP contribution in [-0.4, -0.2) is 23.6 Å². The quantitative estimate of drug-likeness (QED) is 0.665. The minimum atomic E-state index is -4.47. The summed E-state index contributed by atoms with van der Waals surface area (Å²) in [6.45, 7) is -1.38. The first-order chi connectivity index (χ1) is 11.8. The third-order valence-corrected chi connectivity index (χ3v) is 4.08. The molecule has 3 rings (SSSR count). The van der Waals surface area contributed by atoms with Crippen molar-refractivity contribution in [3.63, 3.8) is 0 Å². The molecule has 0 saturated heterocycles. The van der Waals surface area contributed by atoms with Crippen molar-refractivity contribution in [2.24, 2.45) is 0 Å². The number of para-hydroxylation sites is 1. The van der Waals surface area contributed by atoms with Crippen LogP contribution in [0.4, 0.5) is 13.2 Å². The number of benzene rings is 2. The fourth-order valence-corrected chi connectivity index (χ4v) is 2.67. The maximum Gasteiger partial charge on any atom is 0.405 e. The number of aromatic nitrogens is 1. The van der Waals surface area contributed by atoms with Gasteiger partial charge in [-0.25, -0.2) is 4.98 Å². The SMILES string of the molecule is O=C(NCC(F)(F)F)c1cc(-c2ccc(Br)cc2)nc2ccccc12. The Morgan fingerprint density at radius 3 is 2.44 bits per heavy atom. The van der Waals surface area contributed by atoms with Gasteiger partial charge in [-0.15, -0.1) is 0 Å². The molecule has 0 radical (unpaired) electrons. The van der Waals surface area contributed by atoms with E-state index >= 15 is 0 Å². The number of nitrogens with one attached hydrogen (secondary N) is 1. The molecule has 0 aliphatic heterocycles. The molecule has 0 aliphatic carbocycles. The lowest BCUT2D eigenvalue weighted by Crippen LogP contribution is -2.33. The van der Waals surface area contributed by atoms with Crippen LogP contribution >= 0.6 is 15.9 Å². The molecule has 0 saturated carbocycles. The van der Waals surface area contributed by atoms with Gasteiger partial charge in [-0.2, -0.15) is 13.2 Å². The second-order valence-electron chi connectivity index (χ2n) is 5.38. The van der Waals surface area contributed by atoms with E-state index in [1.54, 1.807) is 24.3 Å². The van der Waals surface area contributed by atoms with E-state index in [0.29, 0.717) is 16.6 Å². The molecule has 1 heterocycles. The molecule has 0 aliphatic rings. The zero-order chi connectivity index (χ0) is 18.0. The average molecular weight is 409 g/mol. The van der Waals surface area contributed by atoms with Crippen molar-refractivity contribution in [1.29, 1.82) is 0 Å². The summed E-state index contributed by atoms with van der Waals surface area (Å²) in [5, 5.41) is 2.42. The van der Waals surface area contributed by atoms with Gasteiger partial charge in [0.15, 0.2) is 0 Å². The van der Waals surface area contributed by atoms with Crippen molar-refractivity contribution in [3.05, 3.63) is 64.6 Å². The van der Waals surface area contributed by atoms with E-state index in [1.807, 2.05) is 29.6 Å². The number of hydrogen-bond donors (Lipinski definition) is 1. The first kappa shape index (κ1) is 17.4. The fourth-order valence-electron chi connectivity index (χ4n) is 2.41. The van der Waals surface area contributed by atoms with Gasteiger partial charge in [0.2, 0.25) is 0 Å². The molecule has 0 atom stereocenters. The van der Waals surface area contributed by atoms with Gasteiger partial charge in [0.1, 0.15) is 6.54 Å². The van der Waals surface area contributed by atoms with Crippen molar-refractivity contribution in [3.8, 4) is 11.3 Å². The number of carbonyl (C=O) groups excluding carboxylic acids is 1. The van der Waals surface area contributed by atoms with E-state index in [0.717, 1.165) is 10.0 Å². The molecule has 3 nitrogen and oxygen atoms in total. The topological polar surface area (TPSA) is 42.0 Å². The molecule has 2 aromatic carbocycles. The van der Waals surface area contributed by atoms with Gasteiger partial charge in [0.25, 0.3) is 5.91 Å². The molecule has 0 spiro atoms. The highest BCUT2D eigenvalue weighted by Crippen LogP contribution is 2.26. The van der Waals surface area contributed by atoms with Crippen molar-refractivity contribution in [2.45, 2.75) is 6.18 Å². The molecule has 0 fully saturated rings. The summed E-state index contributed by atoms with van der Waals surface area (Å²) < 4.78 is 38.1. The average Bonchev–Trinajstić information content (AvgIpc) is 2.58. The predicted octanol–water partition coefficient (Wildman–Crippen LogP) is 4.96. The van der Waals surface area contributed by atoms with E-state index in [-0.39, 0.29) is 5.56 Å². The third-order valence-electron chi connectivity index (χ3n) is 3.55. The predicted molar refractivity (Wildman–Crippen MR) is 93.3 cm³/mol. The second-order valence-corrected chi connectivity index (χ2v) is 6.29. The van der Waals surface area contributed by atoms with Crippen LogP contribution in [0.3, 0.4) is 0 Å². The minimum Gasteiger partial charge on any atom is -0.343 e. The van der Waals surface area contributed by atoms with E-state index in [9.17, 15) is 18.0 Å². The Kier molecular flexibility index (Phi) is 4.76. The number of amides is 1. The van der Waals surface area contributed by atoms with Crippen LogP contribution < -0.4 is 5.32 Å². The number of fused-ring (bicyclic) bond motifs is 1. The molecule has 7 heteroatoms. The Hall–Kier alpha value is -2.41. The summed E-state index contributed by atoms with van der Waals surface area (Å²) in [6.07, 6.45) is -4.47. The van der Waals surface area contributed by atoms with Crippen molar-refractivity contribution >= 4 is 32.7 Å². The highest BCUT2D eigenvalue weighted by molar-refractivity contribution is 9.10. The number of rotatable bonds is 3. The summed E-state index contributed by atoms with van der Waals surface area (Å²) in [7, 11) is 0. The first-order valence-corrected chi connectivity index (χ1v) is 8.13. The maximum absolute atomic E-state index is 12.4. The molecule has 0 unspecified atom stereocenters. The lowest BCUT2D eigenvalue weighted by molar-refractivity contribution is -0.123. The number of halogens is 4. The molecular weight excluding hydrogens is 397 g/mol. The van der Waals surface area contributed by atoms with Crippen molar-refractivity contribution in [2.75, 3.05) is 6.54 Å². The van der Waals surface area contributed by atoms with Crippen molar-refractivity contribution < 1.29 is 18.0 Å². The van der Waals surface area contributed by atoms with Crippen LogP contribution in [0.25, 0.3) is 22.2 Å². The Labute approximate surface area is 150 Å². The zero-order valence-electron chi connectivity index (χ0n) is 12.8. The fraction of sp³-hybridized carbons (Fsp3) is 0.111. The molecule has 128 valence electrons. The van der Waals surface area contributed by atoms with Gasteiger partial charge in [0, 0.05) is 15.4 Å². The van der Waals surface area contributed by atoms with E-state index < -0.39 is 18.6 Å². The molecule has 1 N–H and O–H groups in total. The Balaban J connectivity index is 2.06. The number of nitrogens with zero attached hydrogens (tertiary/aromatic N) is 1. The largest absolute Gasteiger partial charge is 0.405 e. The summed E-state index contributed by atoms with van der Waals surface area (Å²) in [6, 6.07) is 15.7. The van der Waals surface area contributed by atoms with E-state index in [2.05, 4.69) is 20.9 Å². The van der Waals surface area contributed by atoms with Gasteiger partial charge in [-0.1, -0.05) is 46.3 Å². The van der Waals surface area contributed by atoms with Crippen LogP contribution in [0.1, 0.15) is 10.4 Å². The number of alkyl halides is 3. The Bertz CT molecular complexity index is 924. The highest BCUT2D eigenvalue weighted by Gasteiger charge is 2.28. The minimum absolute atomic E-state index is 0.160. The summed E-state index contributed by atoms with van der Waals surface area (Å²) >= 11 is 3.34. The number of carbonyl (C=O) groups is 1. The molecular formula is C18H12BrF3N2O. The molecule has 1 aromatic heterocycles. The smallest absolute Gasteiger partial charge is 0.343 e. The standard InChI is InChI=1S/C18H12BrF3N2O/c19-12-7-5-11(6-8-12)16-9-14(17(25)23-10-18(20,21)22)13-3-1-2-4-15(13)24-16/h1-9H,10H2,(H,23,25). The van der Waals surface area contributed by atoms with Crippen LogP contribution in [-0.2, 0) is 0 Å². The van der Waals surface area contributed by atoms with Crippen LogP contribution in [0.15, 0.2) is 59.1 Å². The molecule has 25 heavy (non-hydrogen) atoms. The molecule has 3 aromatic rings.